The number of hydrogen-bond donors (Lipinski definition) is 2. The molecule has 9 nitrogen and oxygen atoms in total. The Hall–Kier alpha value is -3.56. The lowest BCUT2D eigenvalue weighted by atomic mass is 10.1. The molecule has 1 saturated heterocycles. The highest BCUT2D eigenvalue weighted by molar-refractivity contribution is 5.80. The van der Waals surface area contributed by atoms with Crippen molar-refractivity contribution in [1.29, 1.82) is 0 Å². The van der Waals surface area contributed by atoms with Crippen LogP contribution < -0.4 is 15.2 Å². The molecule has 1 aliphatic rings. The van der Waals surface area contributed by atoms with Gasteiger partial charge in [0.05, 0.1) is 18.7 Å². The molecule has 0 aliphatic carbocycles. The molecule has 2 aromatic carbocycles. The van der Waals surface area contributed by atoms with E-state index in [4.69, 9.17) is 9.47 Å². The Bertz CT molecular complexity index is 1310. The molecule has 0 amide bonds. The van der Waals surface area contributed by atoms with Crippen LogP contribution in [0.25, 0.3) is 10.9 Å². The maximum Gasteiger partial charge on any atom is 0.257 e. The van der Waals surface area contributed by atoms with Crippen LogP contribution in [0.1, 0.15) is 36.7 Å². The number of pyridine rings is 1. The molecule has 2 atom stereocenters. The summed E-state index contributed by atoms with van der Waals surface area (Å²) in [6, 6.07) is 17.9. The second kappa shape index (κ2) is 10.8. The highest BCUT2D eigenvalue weighted by Crippen LogP contribution is 2.19. The summed E-state index contributed by atoms with van der Waals surface area (Å²) in [5.74, 6) is 1.58. The molecule has 0 spiro atoms. The minimum atomic E-state index is -0.0737. The van der Waals surface area contributed by atoms with Gasteiger partial charge in [0.2, 0.25) is 5.82 Å². The number of ether oxygens (including phenoxy) is 2. The summed E-state index contributed by atoms with van der Waals surface area (Å²) in [5, 5.41) is 13.4. The summed E-state index contributed by atoms with van der Waals surface area (Å²) in [4.78, 5) is 17.2. The fourth-order valence-corrected chi connectivity index (χ4v) is 4.67. The van der Waals surface area contributed by atoms with Gasteiger partial charge < -0.3 is 19.4 Å². The first-order chi connectivity index (χ1) is 17.2. The number of nitrogens with zero attached hydrogens (tertiary/aromatic N) is 4. The third-order valence-electron chi connectivity index (χ3n) is 6.37. The number of H-pyrrole nitrogens is 1. The van der Waals surface area contributed by atoms with Crippen LogP contribution >= 0.6 is 0 Å². The van der Waals surface area contributed by atoms with Crippen molar-refractivity contribution in [3.8, 4) is 5.75 Å². The lowest BCUT2D eigenvalue weighted by Crippen LogP contribution is -3.10. The van der Waals surface area contributed by atoms with E-state index < -0.39 is 0 Å². The largest absolute Gasteiger partial charge is 0.494 e. The molecule has 0 saturated carbocycles. The summed E-state index contributed by atoms with van der Waals surface area (Å²) in [5.41, 5.74) is 2.59. The van der Waals surface area contributed by atoms with Crippen molar-refractivity contribution in [1.82, 2.24) is 25.2 Å². The van der Waals surface area contributed by atoms with Gasteiger partial charge in [-0.2, -0.15) is 0 Å². The van der Waals surface area contributed by atoms with Crippen LogP contribution in [-0.4, -0.2) is 51.1 Å². The first-order valence-corrected chi connectivity index (χ1v) is 12.2. The van der Waals surface area contributed by atoms with Crippen molar-refractivity contribution >= 4 is 10.9 Å². The van der Waals surface area contributed by atoms with E-state index >= 15 is 0 Å². The summed E-state index contributed by atoms with van der Waals surface area (Å²) in [7, 11) is 0. The Balaban J connectivity index is 1.40. The van der Waals surface area contributed by atoms with Gasteiger partial charge in [-0.25, -0.2) is 4.68 Å². The minimum Gasteiger partial charge on any atom is -0.494 e. The molecule has 4 aromatic rings. The molecular formula is C26H31N6O3+. The van der Waals surface area contributed by atoms with Crippen molar-refractivity contribution in [2.75, 3.05) is 19.8 Å². The summed E-state index contributed by atoms with van der Waals surface area (Å²) in [6.07, 6.45) is 2.28. The highest BCUT2D eigenvalue weighted by atomic mass is 16.5. The first kappa shape index (κ1) is 23.2. The second-order valence-electron chi connectivity index (χ2n) is 8.99. The molecule has 1 unspecified atom stereocenters. The third kappa shape index (κ3) is 5.75. The van der Waals surface area contributed by atoms with Gasteiger partial charge in [0.15, 0.2) is 0 Å². The Morgan fingerprint density at radius 2 is 2.06 bits per heavy atom. The molecule has 5 rings (SSSR count). The molecule has 9 heteroatoms. The van der Waals surface area contributed by atoms with E-state index in [-0.39, 0.29) is 11.7 Å². The number of hydrogen-bond acceptors (Lipinski definition) is 6. The average Bonchev–Trinajstić information content (AvgIpc) is 3.53. The van der Waals surface area contributed by atoms with E-state index in [1.165, 1.54) is 4.90 Å². The Morgan fingerprint density at radius 1 is 1.17 bits per heavy atom. The van der Waals surface area contributed by atoms with Gasteiger partial charge in [-0.05, 0) is 60.0 Å². The molecule has 0 bridgehead atoms. The van der Waals surface area contributed by atoms with E-state index in [1.807, 2.05) is 54.1 Å². The second-order valence-corrected chi connectivity index (χ2v) is 8.99. The molecule has 2 N–H and O–H groups in total. The van der Waals surface area contributed by atoms with Gasteiger partial charge in [-0.15, -0.1) is 5.10 Å². The quantitative estimate of drug-likeness (QED) is 0.362. The average molecular weight is 476 g/mol. The Morgan fingerprint density at radius 3 is 2.86 bits per heavy atom. The smallest absolute Gasteiger partial charge is 0.257 e. The van der Waals surface area contributed by atoms with Crippen molar-refractivity contribution < 1.29 is 14.4 Å². The Labute approximate surface area is 203 Å². The van der Waals surface area contributed by atoms with Crippen LogP contribution in [0.4, 0.5) is 0 Å². The predicted molar refractivity (Wildman–Crippen MR) is 131 cm³/mol. The zero-order valence-electron chi connectivity index (χ0n) is 19.9. The predicted octanol–water partition coefficient (Wildman–Crippen LogP) is 1.73. The van der Waals surface area contributed by atoms with Crippen molar-refractivity contribution in [3.05, 3.63) is 81.9 Å². The van der Waals surface area contributed by atoms with E-state index in [0.717, 1.165) is 59.6 Å². The molecule has 0 radical (unpaired) electrons. The fraction of sp³-hybridized carbons (Fsp3) is 0.385. The number of quaternary nitrogens is 1. The van der Waals surface area contributed by atoms with Gasteiger partial charge in [0, 0.05) is 17.5 Å². The van der Waals surface area contributed by atoms with Gasteiger partial charge in [0.1, 0.15) is 31.5 Å². The third-order valence-corrected chi connectivity index (χ3v) is 6.37. The van der Waals surface area contributed by atoms with Crippen LogP contribution in [0.3, 0.4) is 0 Å². The van der Waals surface area contributed by atoms with Crippen LogP contribution in [0, 0.1) is 0 Å². The van der Waals surface area contributed by atoms with Crippen LogP contribution in [-0.2, 0) is 24.4 Å². The van der Waals surface area contributed by atoms with Gasteiger partial charge in [-0.3, -0.25) is 4.79 Å². The minimum absolute atomic E-state index is 0.0737. The normalized spacial score (nSPS) is 16.5. The lowest BCUT2D eigenvalue weighted by molar-refractivity contribution is -0.931. The number of aromatic nitrogens is 5. The lowest BCUT2D eigenvalue weighted by Gasteiger charge is -2.22. The van der Waals surface area contributed by atoms with Crippen LogP contribution in [0.2, 0.25) is 0 Å². The van der Waals surface area contributed by atoms with Crippen LogP contribution in [0.5, 0.6) is 5.75 Å². The standard InChI is InChI=1S/C26H30N6O3/c1-2-34-22-10-11-24-20(14-22)13-21(26(33)27-24)16-31(17-23-9-6-12-35-23)18-25-28-29-30-32(25)15-19-7-4-3-5-8-19/h3-5,7-8,10-11,13-14,23H,2,6,9,12,15-18H2,1H3,(H,27,33)/p+1/t23-/m0/s1. The number of tetrazole rings is 1. The number of benzene rings is 2. The van der Waals surface area contributed by atoms with Gasteiger partial charge in [0.25, 0.3) is 5.56 Å². The summed E-state index contributed by atoms with van der Waals surface area (Å²) < 4.78 is 13.4. The summed E-state index contributed by atoms with van der Waals surface area (Å²) >= 11 is 0. The number of rotatable bonds is 10. The van der Waals surface area contributed by atoms with Crippen molar-refractivity contribution in [2.45, 2.75) is 45.5 Å². The molecule has 1 aliphatic heterocycles. The Kier molecular flexibility index (Phi) is 7.15. The first-order valence-electron chi connectivity index (χ1n) is 12.2. The number of aromatic amines is 1. The molecular weight excluding hydrogens is 444 g/mol. The fourth-order valence-electron chi connectivity index (χ4n) is 4.67. The maximum atomic E-state index is 13.0. The zero-order valence-corrected chi connectivity index (χ0v) is 19.9. The maximum absolute atomic E-state index is 13.0. The SMILES string of the molecule is CCOc1ccc2[nH]c(=O)c(C[NH+](Cc3nnnn3Cc3ccccc3)C[C@@H]3CCCO3)cc2c1. The summed E-state index contributed by atoms with van der Waals surface area (Å²) in [6.45, 7) is 5.87. The van der Waals surface area contributed by atoms with Crippen molar-refractivity contribution in [2.24, 2.45) is 0 Å². The van der Waals surface area contributed by atoms with Crippen LogP contribution in [0.15, 0.2) is 59.4 Å². The van der Waals surface area contributed by atoms with Gasteiger partial charge in [-0.1, -0.05) is 30.3 Å². The molecule has 182 valence electrons. The monoisotopic (exact) mass is 475 g/mol. The van der Waals surface area contributed by atoms with Crippen molar-refractivity contribution in [3.63, 3.8) is 0 Å². The molecule has 35 heavy (non-hydrogen) atoms. The molecule has 2 aromatic heterocycles. The highest BCUT2D eigenvalue weighted by Gasteiger charge is 2.25. The van der Waals surface area contributed by atoms with E-state index in [0.29, 0.717) is 26.2 Å². The molecule has 3 heterocycles. The van der Waals surface area contributed by atoms with Gasteiger partial charge >= 0.3 is 0 Å². The van der Waals surface area contributed by atoms with E-state index in [2.05, 4.69) is 32.6 Å². The number of nitrogens with one attached hydrogen (secondary N) is 2. The van der Waals surface area contributed by atoms with E-state index in [1.54, 1.807) is 0 Å². The topological polar surface area (TPSA) is 99.4 Å². The zero-order chi connectivity index (χ0) is 24.0. The number of fused-ring (bicyclic) bond motifs is 1. The molecule has 1 fully saturated rings. The van der Waals surface area contributed by atoms with E-state index in [9.17, 15) is 4.79 Å².